The third-order valence-electron chi connectivity index (χ3n) is 3.31. The standard InChI is InChI=1S/C14H14BrNO3/c15-11-5-10-3-1-2-4-12(10)16-13(11)19-9-14(6-17)7-18-8-14/h1-5,17H,6-9H2. The fourth-order valence-corrected chi connectivity index (χ4v) is 2.46. The van der Waals surface area contributed by atoms with Gasteiger partial charge in [-0.05, 0) is 28.1 Å². The Morgan fingerprint density at radius 1 is 1.37 bits per heavy atom. The molecule has 1 N–H and O–H groups in total. The van der Waals surface area contributed by atoms with Crippen molar-refractivity contribution in [2.24, 2.45) is 5.41 Å². The maximum absolute atomic E-state index is 9.36. The van der Waals surface area contributed by atoms with Crippen molar-refractivity contribution in [2.75, 3.05) is 26.4 Å². The van der Waals surface area contributed by atoms with Crippen molar-refractivity contribution >= 4 is 26.8 Å². The Morgan fingerprint density at radius 3 is 2.84 bits per heavy atom. The summed E-state index contributed by atoms with van der Waals surface area (Å²) < 4.78 is 11.7. The zero-order valence-corrected chi connectivity index (χ0v) is 11.9. The molecule has 1 aliphatic rings. The predicted molar refractivity (Wildman–Crippen MR) is 75.3 cm³/mol. The van der Waals surface area contributed by atoms with E-state index in [0.29, 0.717) is 25.7 Å². The highest BCUT2D eigenvalue weighted by molar-refractivity contribution is 9.10. The number of nitrogens with zero attached hydrogens (tertiary/aromatic N) is 1. The Morgan fingerprint density at radius 2 is 2.16 bits per heavy atom. The van der Waals surface area contributed by atoms with E-state index in [9.17, 15) is 5.11 Å². The second-order valence-corrected chi connectivity index (χ2v) is 5.76. The maximum atomic E-state index is 9.36. The van der Waals surface area contributed by atoms with Gasteiger partial charge in [-0.15, -0.1) is 0 Å². The molecule has 0 bridgehead atoms. The lowest BCUT2D eigenvalue weighted by Gasteiger charge is -2.39. The van der Waals surface area contributed by atoms with E-state index in [-0.39, 0.29) is 12.0 Å². The summed E-state index contributed by atoms with van der Waals surface area (Å²) >= 11 is 3.47. The first-order valence-electron chi connectivity index (χ1n) is 6.09. The number of aromatic nitrogens is 1. The van der Waals surface area contributed by atoms with Gasteiger partial charge in [0.2, 0.25) is 5.88 Å². The number of para-hydroxylation sites is 1. The van der Waals surface area contributed by atoms with Crippen LogP contribution in [0.4, 0.5) is 0 Å². The first kappa shape index (κ1) is 12.8. The molecule has 4 nitrogen and oxygen atoms in total. The van der Waals surface area contributed by atoms with Crippen LogP contribution in [0.1, 0.15) is 0 Å². The fourth-order valence-electron chi connectivity index (χ4n) is 2.01. The number of benzene rings is 1. The highest BCUT2D eigenvalue weighted by Crippen LogP contribution is 2.31. The van der Waals surface area contributed by atoms with Crippen molar-refractivity contribution in [1.29, 1.82) is 0 Å². The van der Waals surface area contributed by atoms with E-state index in [4.69, 9.17) is 9.47 Å². The molecule has 1 saturated heterocycles. The van der Waals surface area contributed by atoms with Crippen LogP contribution >= 0.6 is 15.9 Å². The van der Waals surface area contributed by atoms with Gasteiger partial charge in [-0.3, -0.25) is 0 Å². The van der Waals surface area contributed by atoms with E-state index in [1.807, 2.05) is 30.3 Å². The molecule has 1 aliphatic heterocycles. The molecule has 1 fully saturated rings. The third-order valence-corrected chi connectivity index (χ3v) is 3.88. The van der Waals surface area contributed by atoms with Gasteiger partial charge in [0.25, 0.3) is 0 Å². The number of ether oxygens (including phenoxy) is 2. The van der Waals surface area contributed by atoms with Crippen molar-refractivity contribution in [3.05, 3.63) is 34.8 Å². The quantitative estimate of drug-likeness (QED) is 0.938. The molecule has 0 unspecified atom stereocenters. The monoisotopic (exact) mass is 323 g/mol. The summed E-state index contributed by atoms with van der Waals surface area (Å²) in [5.74, 6) is 0.554. The van der Waals surface area contributed by atoms with Gasteiger partial charge in [-0.1, -0.05) is 18.2 Å². The molecule has 0 saturated carbocycles. The average molecular weight is 324 g/mol. The summed E-state index contributed by atoms with van der Waals surface area (Å²) in [6, 6.07) is 9.86. The number of hydrogen-bond acceptors (Lipinski definition) is 4. The second-order valence-electron chi connectivity index (χ2n) is 4.91. The second kappa shape index (κ2) is 5.07. The van der Waals surface area contributed by atoms with Crippen LogP contribution < -0.4 is 4.74 Å². The van der Waals surface area contributed by atoms with E-state index >= 15 is 0 Å². The van der Waals surface area contributed by atoms with Crippen LogP contribution in [0.2, 0.25) is 0 Å². The van der Waals surface area contributed by atoms with Crippen LogP contribution in [-0.2, 0) is 4.74 Å². The van der Waals surface area contributed by atoms with Crippen LogP contribution in [0.15, 0.2) is 34.8 Å². The number of aliphatic hydroxyl groups excluding tert-OH is 1. The predicted octanol–water partition coefficient (Wildman–Crippen LogP) is 2.38. The lowest BCUT2D eigenvalue weighted by Crippen LogP contribution is -2.50. The van der Waals surface area contributed by atoms with Gasteiger partial charge < -0.3 is 14.6 Å². The third kappa shape index (κ3) is 2.45. The number of hydrogen-bond donors (Lipinski definition) is 1. The summed E-state index contributed by atoms with van der Waals surface area (Å²) in [5, 5.41) is 10.4. The molecule has 1 aromatic heterocycles. The van der Waals surface area contributed by atoms with Crippen LogP contribution in [0, 0.1) is 5.41 Å². The molecular formula is C14H14BrNO3. The Hall–Kier alpha value is -1.17. The van der Waals surface area contributed by atoms with E-state index in [1.165, 1.54) is 0 Å². The highest BCUT2D eigenvalue weighted by atomic mass is 79.9. The van der Waals surface area contributed by atoms with Crippen LogP contribution in [-0.4, -0.2) is 36.5 Å². The lowest BCUT2D eigenvalue weighted by molar-refractivity contribution is -0.153. The number of rotatable bonds is 4. The largest absolute Gasteiger partial charge is 0.476 e. The molecule has 3 rings (SSSR count). The van der Waals surface area contributed by atoms with Crippen LogP contribution in [0.25, 0.3) is 10.9 Å². The van der Waals surface area contributed by atoms with Crippen molar-refractivity contribution < 1.29 is 14.6 Å². The smallest absolute Gasteiger partial charge is 0.228 e. The summed E-state index contributed by atoms with van der Waals surface area (Å²) in [7, 11) is 0. The minimum Gasteiger partial charge on any atom is -0.476 e. The van der Waals surface area contributed by atoms with Gasteiger partial charge in [-0.2, -0.15) is 0 Å². The SMILES string of the molecule is OCC1(COc2nc3ccccc3cc2Br)COC1. The topological polar surface area (TPSA) is 51.6 Å². The summed E-state index contributed by atoms with van der Waals surface area (Å²) in [5.41, 5.74) is 0.621. The van der Waals surface area contributed by atoms with Gasteiger partial charge in [0.05, 0.1) is 35.2 Å². The van der Waals surface area contributed by atoms with Crippen molar-refractivity contribution in [3.8, 4) is 5.88 Å². The minimum absolute atomic E-state index is 0.0677. The zero-order chi connectivity index (χ0) is 13.3. The Labute approximate surface area is 119 Å². The van der Waals surface area contributed by atoms with Gasteiger partial charge in [0.15, 0.2) is 0 Å². The highest BCUT2D eigenvalue weighted by Gasteiger charge is 2.39. The van der Waals surface area contributed by atoms with Crippen LogP contribution in [0.5, 0.6) is 5.88 Å². The van der Waals surface area contributed by atoms with Crippen molar-refractivity contribution in [1.82, 2.24) is 4.98 Å². The zero-order valence-electron chi connectivity index (χ0n) is 10.3. The lowest BCUT2D eigenvalue weighted by atomic mass is 9.88. The Balaban J connectivity index is 1.82. The first-order valence-corrected chi connectivity index (χ1v) is 6.88. The molecule has 0 radical (unpaired) electrons. The summed E-state index contributed by atoms with van der Waals surface area (Å²) in [4.78, 5) is 4.48. The first-order chi connectivity index (χ1) is 9.22. The maximum Gasteiger partial charge on any atom is 0.228 e. The molecule has 2 aromatic rings. The average Bonchev–Trinajstić information content (AvgIpc) is 2.38. The van der Waals surface area contributed by atoms with E-state index in [1.54, 1.807) is 0 Å². The Bertz CT molecular complexity index is 593. The van der Waals surface area contributed by atoms with Crippen molar-refractivity contribution in [3.63, 3.8) is 0 Å². The molecular weight excluding hydrogens is 310 g/mol. The number of fused-ring (bicyclic) bond motifs is 1. The molecule has 0 aliphatic carbocycles. The molecule has 0 spiro atoms. The van der Waals surface area contributed by atoms with Crippen molar-refractivity contribution in [2.45, 2.75) is 0 Å². The summed E-state index contributed by atoms with van der Waals surface area (Å²) in [6.07, 6.45) is 0. The normalized spacial score (nSPS) is 17.2. The van der Waals surface area contributed by atoms with Gasteiger partial charge in [0.1, 0.15) is 6.61 Å². The fraction of sp³-hybridized carbons (Fsp3) is 0.357. The minimum atomic E-state index is -0.271. The molecule has 2 heterocycles. The number of pyridine rings is 1. The molecule has 0 amide bonds. The summed E-state index contributed by atoms with van der Waals surface area (Å²) in [6.45, 7) is 1.55. The van der Waals surface area contributed by atoms with Gasteiger partial charge in [-0.25, -0.2) is 4.98 Å². The molecule has 100 valence electrons. The molecule has 0 atom stereocenters. The van der Waals surface area contributed by atoms with E-state index in [0.717, 1.165) is 15.4 Å². The molecule has 1 aromatic carbocycles. The van der Waals surface area contributed by atoms with Crippen LogP contribution in [0.3, 0.4) is 0 Å². The molecule has 19 heavy (non-hydrogen) atoms. The van der Waals surface area contributed by atoms with E-state index in [2.05, 4.69) is 20.9 Å². The van der Waals surface area contributed by atoms with E-state index < -0.39 is 0 Å². The molecule has 5 heteroatoms. The van der Waals surface area contributed by atoms with Gasteiger partial charge >= 0.3 is 0 Å². The van der Waals surface area contributed by atoms with Gasteiger partial charge in [0, 0.05) is 5.39 Å². The number of aliphatic hydroxyl groups is 1. The Kier molecular flexibility index (Phi) is 3.43. The number of halogens is 1.